The Kier molecular flexibility index (Phi) is 10.2. The van der Waals surface area contributed by atoms with E-state index in [0.29, 0.717) is 12.5 Å². The molecule has 0 fully saturated rings. The molecule has 3 unspecified atom stereocenters. The van der Waals surface area contributed by atoms with Crippen LogP contribution in [0.5, 0.6) is 0 Å². The summed E-state index contributed by atoms with van der Waals surface area (Å²) in [6.45, 7) is 7.76. The van der Waals surface area contributed by atoms with Gasteiger partial charge in [-0.2, -0.15) is 0 Å². The van der Waals surface area contributed by atoms with Crippen molar-refractivity contribution in [3.63, 3.8) is 0 Å². The molecule has 0 radical (unpaired) electrons. The predicted octanol–water partition coefficient (Wildman–Crippen LogP) is 16.1. The maximum atomic E-state index is 7.35. The molecular formula is C64H57NO. The van der Waals surface area contributed by atoms with Gasteiger partial charge >= 0.3 is 0 Å². The minimum absolute atomic E-state index is 0.183. The Balaban J connectivity index is 0.965. The van der Waals surface area contributed by atoms with Crippen LogP contribution in [0.4, 0.5) is 11.4 Å². The van der Waals surface area contributed by atoms with Crippen molar-refractivity contribution in [1.82, 2.24) is 0 Å². The molecule has 4 atom stereocenters. The highest BCUT2D eigenvalue weighted by molar-refractivity contribution is 6.00. The first-order chi connectivity index (χ1) is 32.5. The van der Waals surface area contributed by atoms with Crippen LogP contribution in [0.15, 0.2) is 205 Å². The minimum atomic E-state index is -0.301. The van der Waals surface area contributed by atoms with Gasteiger partial charge in [-0.3, -0.25) is 0 Å². The lowest BCUT2D eigenvalue weighted by Crippen LogP contribution is -2.27. The van der Waals surface area contributed by atoms with Crippen molar-refractivity contribution < 1.29 is 4.74 Å². The van der Waals surface area contributed by atoms with Gasteiger partial charge in [0.1, 0.15) is 12.4 Å². The Hall–Kier alpha value is -6.90. The number of hydrogen-bond acceptors (Lipinski definition) is 2. The van der Waals surface area contributed by atoms with Crippen LogP contribution in [0.1, 0.15) is 90.5 Å². The smallest absolute Gasteiger partial charge is 0.127 e. The fourth-order valence-corrected chi connectivity index (χ4v) is 12.4. The van der Waals surface area contributed by atoms with E-state index >= 15 is 0 Å². The van der Waals surface area contributed by atoms with Crippen LogP contribution in [0.3, 0.4) is 0 Å². The van der Waals surface area contributed by atoms with Crippen molar-refractivity contribution in [3.8, 4) is 0 Å². The molecule has 66 heavy (non-hydrogen) atoms. The van der Waals surface area contributed by atoms with Crippen molar-refractivity contribution >= 4 is 45.6 Å². The van der Waals surface area contributed by atoms with Crippen LogP contribution in [-0.2, 0) is 23.0 Å². The summed E-state index contributed by atoms with van der Waals surface area (Å²) in [7, 11) is 0. The van der Waals surface area contributed by atoms with Gasteiger partial charge in [0, 0.05) is 40.0 Å². The summed E-state index contributed by atoms with van der Waals surface area (Å²) < 4.78 is 7.35. The lowest BCUT2D eigenvalue weighted by molar-refractivity contribution is 0.257. The highest BCUT2D eigenvalue weighted by Gasteiger charge is 2.43. The Bertz CT molecular complexity index is 3170. The summed E-state index contributed by atoms with van der Waals surface area (Å²) in [5.41, 5.74) is 19.9. The summed E-state index contributed by atoms with van der Waals surface area (Å²) in [6.07, 6.45) is 42.6. The number of anilines is 2. The van der Waals surface area contributed by atoms with Crippen molar-refractivity contribution in [2.75, 3.05) is 11.5 Å². The van der Waals surface area contributed by atoms with E-state index in [1.807, 2.05) is 0 Å². The summed E-state index contributed by atoms with van der Waals surface area (Å²) in [5.74, 6) is 2.11. The molecule has 0 aromatic heterocycles. The highest BCUT2D eigenvalue weighted by atomic mass is 16.5. The third-order valence-corrected chi connectivity index (χ3v) is 15.6. The molecule has 0 spiro atoms. The van der Waals surface area contributed by atoms with Gasteiger partial charge in [0.25, 0.3) is 0 Å². The average molecular weight is 856 g/mol. The zero-order valence-electron chi connectivity index (χ0n) is 38.4. The van der Waals surface area contributed by atoms with Crippen LogP contribution >= 0.6 is 0 Å². The first-order valence-corrected chi connectivity index (χ1v) is 24.3. The minimum Gasteiger partial charge on any atom is -0.489 e. The molecule has 5 aromatic rings. The summed E-state index contributed by atoms with van der Waals surface area (Å²) in [4.78, 5) is 2.56. The fraction of sp³-hybridized carbons (Fsp3) is 0.219. The maximum absolute atomic E-state index is 7.35. The molecule has 2 nitrogen and oxygen atoms in total. The predicted molar refractivity (Wildman–Crippen MR) is 278 cm³/mol. The molecule has 0 saturated heterocycles. The van der Waals surface area contributed by atoms with Crippen molar-refractivity contribution in [2.24, 2.45) is 17.8 Å². The van der Waals surface area contributed by atoms with E-state index < -0.39 is 0 Å². The molecular weight excluding hydrogens is 799 g/mol. The molecule has 12 rings (SSSR count). The van der Waals surface area contributed by atoms with E-state index in [1.165, 1.54) is 83.4 Å². The Morgan fingerprint density at radius 1 is 0.667 bits per heavy atom. The van der Waals surface area contributed by atoms with E-state index in [2.05, 4.69) is 220 Å². The third-order valence-electron chi connectivity index (χ3n) is 15.6. The maximum Gasteiger partial charge on any atom is 0.127 e. The van der Waals surface area contributed by atoms with E-state index in [9.17, 15) is 0 Å². The Labute approximate surface area is 391 Å². The highest BCUT2D eigenvalue weighted by Crippen LogP contribution is 2.57. The summed E-state index contributed by atoms with van der Waals surface area (Å²) in [6, 6.07) is 36.1. The fourth-order valence-electron chi connectivity index (χ4n) is 12.4. The van der Waals surface area contributed by atoms with E-state index in [-0.39, 0.29) is 23.2 Å². The van der Waals surface area contributed by atoms with E-state index in [0.717, 1.165) is 43.6 Å². The zero-order chi connectivity index (χ0) is 44.4. The van der Waals surface area contributed by atoms with Gasteiger partial charge in [-0.05, 0) is 129 Å². The molecule has 0 saturated carbocycles. The number of ether oxygens (including phenoxy) is 1. The number of benzene rings is 5. The zero-order valence-corrected chi connectivity index (χ0v) is 38.4. The number of hydrogen-bond donors (Lipinski definition) is 0. The number of para-hydroxylation sites is 1. The second-order valence-corrected chi connectivity index (χ2v) is 19.6. The molecule has 5 aromatic carbocycles. The van der Waals surface area contributed by atoms with Gasteiger partial charge in [-0.15, -0.1) is 0 Å². The molecule has 324 valence electrons. The molecule has 7 aliphatic rings. The second kappa shape index (κ2) is 16.5. The SMILES string of the molecule is C[C@@H]1/C=C\C=C/CC2=C(C3=C1C/C=C\C(C1C=Cc4c(c5c(c6ccccc46)C=CCC5)C1)=C/CO3)c1cccc(N(C3=CC4C=CC=CC4c4ccccc43)c3ccccc3)c1C2(C)C. The van der Waals surface area contributed by atoms with Crippen molar-refractivity contribution in [1.29, 1.82) is 0 Å². The van der Waals surface area contributed by atoms with Crippen LogP contribution in [0.25, 0.3) is 34.2 Å². The summed E-state index contributed by atoms with van der Waals surface area (Å²) >= 11 is 0. The van der Waals surface area contributed by atoms with E-state index in [4.69, 9.17) is 4.74 Å². The number of nitrogens with zero attached hydrogens (tertiary/aromatic N) is 1. The van der Waals surface area contributed by atoms with Crippen molar-refractivity contribution in [3.05, 3.63) is 249 Å². The molecule has 1 aliphatic heterocycles. The first kappa shape index (κ1) is 40.6. The first-order valence-electron chi connectivity index (χ1n) is 24.3. The summed E-state index contributed by atoms with van der Waals surface area (Å²) in [5, 5.41) is 2.75. The van der Waals surface area contributed by atoms with Gasteiger partial charge in [0.05, 0.1) is 11.4 Å². The van der Waals surface area contributed by atoms with Crippen LogP contribution in [-0.4, -0.2) is 6.61 Å². The molecule has 6 aliphatic carbocycles. The largest absolute Gasteiger partial charge is 0.489 e. The van der Waals surface area contributed by atoms with E-state index in [1.54, 1.807) is 5.56 Å². The number of fused-ring (bicyclic) bond motifs is 12. The van der Waals surface area contributed by atoms with Crippen molar-refractivity contribution in [2.45, 2.75) is 64.2 Å². The quantitative estimate of drug-likeness (QED) is 0.179. The van der Waals surface area contributed by atoms with Gasteiger partial charge in [-0.1, -0.05) is 191 Å². The third kappa shape index (κ3) is 6.67. The Morgan fingerprint density at radius 2 is 1.44 bits per heavy atom. The molecule has 1 heterocycles. The molecule has 0 amide bonds. The number of allylic oxidation sites excluding steroid dienone is 17. The molecule has 0 N–H and O–H groups in total. The van der Waals surface area contributed by atoms with Crippen LogP contribution in [0, 0.1) is 17.8 Å². The average Bonchev–Trinajstić information content (AvgIpc) is 3.65. The molecule has 0 bridgehead atoms. The van der Waals surface area contributed by atoms with Crippen LogP contribution in [0.2, 0.25) is 0 Å². The number of rotatable bonds is 4. The normalized spacial score (nSPS) is 25.4. The molecule has 2 heteroatoms. The Morgan fingerprint density at radius 3 is 2.32 bits per heavy atom. The monoisotopic (exact) mass is 855 g/mol. The van der Waals surface area contributed by atoms with Crippen LogP contribution < -0.4 is 4.90 Å². The lowest BCUT2D eigenvalue weighted by atomic mass is 9.75. The standard InChI is InChI=1S/C64H57NO/c1-42-20-6-4-9-34-58-61(63-47(42)32-18-22-43(38-39-66-63)44-36-37-54-52-29-13-12-27-50(52)51-28-14-15-30-53(51)57(54)40-44)56-33-19-35-59(62(56)64(58,2)3)65(46-23-7-5-8-24-46)60-41-45-21-10-11-25-48(45)49-26-16-17-31-55(49)60/h4-14,16-29,31,33,35-38,41-42,44-45,48H,15,30,32,34,39-40H2,1-3H3/b9-4-,20-6-,22-18-,43-38+,63-47?/t42-,44?,45?,48?/m1/s1. The topological polar surface area (TPSA) is 12.5 Å². The van der Waals surface area contributed by atoms with Gasteiger partial charge < -0.3 is 9.64 Å². The van der Waals surface area contributed by atoms with Gasteiger partial charge in [0.15, 0.2) is 0 Å². The lowest BCUT2D eigenvalue weighted by Gasteiger charge is -2.38. The second-order valence-electron chi connectivity index (χ2n) is 19.6. The van der Waals surface area contributed by atoms with Gasteiger partial charge in [-0.25, -0.2) is 0 Å². The van der Waals surface area contributed by atoms with Gasteiger partial charge in [0.2, 0.25) is 0 Å².